The normalized spacial score (nSPS) is 24.3. The number of hydrogen-bond donors (Lipinski definition) is 2. The quantitative estimate of drug-likeness (QED) is 0.626. The zero-order valence-electron chi connectivity index (χ0n) is 20.4. The van der Waals surface area contributed by atoms with Gasteiger partial charge in [0.2, 0.25) is 0 Å². The van der Waals surface area contributed by atoms with E-state index < -0.39 is 0 Å². The van der Waals surface area contributed by atoms with E-state index in [2.05, 4.69) is 40.4 Å². The molecule has 3 aliphatic heterocycles. The molecule has 0 radical (unpaired) electrons. The fraction of sp³-hybridized carbons (Fsp3) is 0.615. The number of hydrogen-bond acceptors (Lipinski definition) is 5. The summed E-state index contributed by atoms with van der Waals surface area (Å²) in [6.07, 6.45) is 8.06. The number of fused-ring (bicyclic) bond motifs is 3. The van der Waals surface area contributed by atoms with Crippen molar-refractivity contribution < 1.29 is 4.79 Å². The van der Waals surface area contributed by atoms with E-state index in [9.17, 15) is 4.79 Å². The third-order valence-electron chi connectivity index (χ3n) is 7.28. The van der Waals surface area contributed by atoms with Crippen molar-refractivity contribution in [3.8, 4) is 11.4 Å². The van der Waals surface area contributed by atoms with Gasteiger partial charge in [-0.15, -0.1) is 0 Å². The molecule has 3 saturated heterocycles. The minimum Gasteiger partial charge on any atom is -0.337 e. The van der Waals surface area contributed by atoms with E-state index in [1.54, 1.807) is 0 Å². The number of pyridine rings is 1. The van der Waals surface area contributed by atoms with Crippen LogP contribution in [0.4, 0.5) is 4.79 Å². The number of amides is 2. The van der Waals surface area contributed by atoms with Crippen LogP contribution >= 0.6 is 0 Å². The lowest BCUT2D eigenvalue weighted by atomic mass is 9.74. The molecular weight excluding hydrogens is 412 g/mol. The monoisotopic (exact) mass is 450 g/mol. The standard InChI is InChI=1S/C26H38N6O/c1-5-18(6-2)23-14-24(31-25(30-23)19-7-10-27-11-8-19)22-16-32-12-9-20(22)13-21(32)15-28-26(33)29-17(3)4/h7-8,10-11,14,17-18,20-22H,5-6,9,12-13,15-16H2,1-4H3,(H2,28,29,33). The predicted octanol–water partition coefficient (Wildman–Crippen LogP) is 4.33. The molecule has 178 valence electrons. The highest BCUT2D eigenvalue weighted by atomic mass is 16.2. The molecule has 2 amide bonds. The van der Waals surface area contributed by atoms with Crippen LogP contribution in [-0.4, -0.2) is 57.6 Å². The summed E-state index contributed by atoms with van der Waals surface area (Å²) in [6.45, 7) is 11.2. The number of carbonyl (C=O) groups is 1. The molecule has 2 bridgehead atoms. The van der Waals surface area contributed by atoms with E-state index in [1.165, 1.54) is 12.1 Å². The van der Waals surface area contributed by atoms with Gasteiger partial charge in [-0.3, -0.25) is 9.88 Å². The van der Waals surface area contributed by atoms with Crippen LogP contribution in [0.3, 0.4) is 0 Å². The van der Waals surface area contributed by atoms with Crippen molar-refractivity contribution in [1.29, 1.82) is 0 Å². The Kier molecular flexibility index (Phi) is 7.58. The molecule has 3 aliphatic rings. The van der Waals surface area contributed by atoms with E-state index in [0.717, 1.165) is 49.4 Å². The van der Waals surface area contributed by atoms with Crippen molar-refractivity contribution in [2.75, 3.05) is 19.6 Å². The van der Waals surface area contributed by atoms with Crippen LogP contribution in [0.2, 0.25) is 0 Å². The average Bonchev–Trinajstić information content (AvgIpc) is 2.84. The van der Waals surface area contributed by atoms with Gasteiger partial charge in [-0.2, -0.15) is 0 Å². The highest BCUT2D eigenvalue weighted by Gasteiger charge is 2.41. The smallest absolute Gasteiger partial charge is 0.315 e. The summed E-state index contributed by atoms with van der Waals surface area (Å²) < 4.78 is 0. The van der Waals surface area contributed by atoms with Gasteiger partial charge in [-0.05, 0) is 70.2 Å². The Balaban J connectivity index is 1.54. The van der Waals surface area contributed by atoms with E-state index in [1.807, 2.05) is 38.4 Å². The van der Waals surface area contributed by atoms with Crippen LogP contribution in [0, 0.1) is 5.92 Å². The molecule has 0 aliphatic carbocycles. The Morgan fingerprint density at radius 3 is 2.58 bits per heavy atom. The van der Waals surface area contributed by atoms with Crippen LogP contribution in [0.15, 0.2) is 30.6 Å². The minimum absolute atomic E-state index is 0.0724. The third kappa shape index (κ3) is 5.52. The number of piperidine rings is 3. The topological polar surface area (TPSA) is 83.0 Å². The summed E-state index contributed by atoms with van der Waals surface area (Å²) in [6, 6.07) is 6.74. The van der Waals surface area contributed by atoms with Crippen LogP contribution in [0.25, 0.3) is 11.4 Å². The van der Waals surface area contributed by atoms with Crippen LogP contribution < -0.4 is 10.6 Å². The summed E-state index contributed by atoms with van der Waals surface area (Å²) >= 11 is 0. The molecule has 2 aromatic heterocycles. The van der Waals surface area contributed by atoms with Crippen LogP contribution in [0.1, 0.15) is 76.6 Å². The second-order valence-corrected chi connectivity index (χ2v) is 9.84. The van der Waals surface area contributed by atoms with Gasteiger partial charge in [0.1, 0.15) is 0 Å². The molecule has 2 aromatic rings. The minimum atomic E-state index is -0.0724. The maximum Gasteiger partial charge on any atom is 0.315 e. The second kappa shape index (κ2) is 10.6. The Bertz CT molecular complexity index is 930. The maximum atomic E-state index is 12.1. The number of carbonyl (C=O) groups excluding carboxylic acids is 1. The largest absolute Gasteiger partial charge is 0.337 e. The Labute approximate surface area is 197 Å². The molecule has 7 heteroatoms. The summed E-state index contributed by atoms with van der Waals surface area (Å²) in [5, 5.41) is 5.99. The summed E-state index contributed by atoms with van der Waals surface area (Å²) in [5.41, 5.74) is 3.37. The first-order valence-electron chi connectivity index (χ1n) is 12.6. The van der Waals surface area contributed by atoms with Crippen LogP contribution in [-0.2, 0) is 0 Å². The zero-order valence-corrected chi connectivity index (χ0v) is 20.4. The van der Waals surface area contributed by atoms with Gasteiger partial charge in [-0.25, -0.2) is 14.8 Å². The van der Waals surface area contributed by atoms with Crippen LogP contribution in [0.5, 0.6) is 0 Å². The fourth-order valence-corrected chi connectivity index (χ4v) is 5.43. The Morgan fingerprint density at radius 1 is 1.18 bits per heavy atom. The van der Waals surface area contributed by atoms with Gasteiger partial charge < -0.3 is 10.6 Å². The molecule has 33 heavy (non-hydrogen) atoms. The fourth-order valence-electron chi connectivity index (χ4n) is 5.43. The van der Waals surface area contributed by atoms with Gasteiger partial charge in [-0.1, -0.05) is 13.8 Å². The third-order valence-corrected chi connectivity index (χ3v) is 7.28. The molecule has 0 aromatic carbocycles. The first-order valence-corrected chi connectivity index (χ1v) is 12.6. The van der Waals surface area contributed by atoms with Gasteiger partial charge in [0.25, 0.3) is 0 Å². The molecule has 4 unspecified atom stereocenters. The first kappa shape index (κ1) is 23.6. The Morgan fingerprint density at radius 2 is 1.94 bits per heavy atom. The van der Waals surface area contributed by atoms with Gasteiger partial charge >= 0.3 is 6.03 Å². The number of urea groups is 1. The molecule has 7 nitrogen and oxygen atoms in total. The van der Waals surface area contributed by atoms with Gasteiger partial charge in [0.05, 0.1) is 0 Å². The van der Waals surface area contributed by atoms with Crippen molar-refractivity contribution in [2.24, 2.45) is 5.92 Å². The average molecular weight is 451 g/mol. The zero-order chi connectivity index (χ0) is 23.4. The molecule has 4 atom stereocenters. The lowest BCUT2D eigenvalue weighted by Crippen LogP contribution is -2.57. The lowest BCUT2D eigenvalue weighted by Gasteiger charge is -2.49. The van der Waals surface area contributed by atoms with Crippen molar-refractivity contribution in [1.82, 2.24) is 30.5 Å². The number of aromatic nitrogens is 3. The first-order chi connectivity index (χ1) is 16.0. The van der Waals surface area contributed by atoms with E-state index in [4.69, 9.17) is 9.97 Å². The lowest BCUT2D eigenvalue weighted by molar-refractivity contribution is 0.0305. The molecule has 3 fully saturated rings. The predicted molar refractivity (Wildman–Crippen MR) is 131 cm³/mol. The van der Waals surface area contributed by atoms with Crippen molar-refractivity contribution in [2.45, 2.75) is 77.3 Å². The summed E-state index contributed by atoms with van der Waals surface area (Å²) in [4.78, 5) is 28.8. The molecule has 0 saturated carbocycles. The molecule has 5 rings (SSSR count). The van der Waals surface area contributed by atoms with E-state index >= 15 is 0 Å². The highest BCUT2D eigenvalue weighted by Crippen LogP contribution is 2.42. The number of nitrogens with one attached hydrogen (secondary N) is 2. The highest BCUT2D eigenvalue weighted by molar-refractivity contribution is 5.74. The molecular formula is C26H38N6O. The van der Waals surface area contributed by atoms with E-state index in [-0.39, 0.29) is 12.1 Å². The van der Waals surface area contributed by atoms with Crippen molar-refractivity contribution in [3.63, 3.8) is 0 Å². The van der Waals surface area contributed by atoms with Gasteiger partial charge in [0, 0.05) is 66.4 Å². The molecule has 0 spiro atoms. The molecule has 2 N–H and O–H groups in total. The Hall–Kier alpha value is -2.54. The summed E-state index contributed by atoms with van der Waals surface area (Å²) in [5.74, 6) is 2.27. The van der Waals surface area contributed by atoms with Crippen molar-refractivity contribution in [3.05, 3.63) is 42.0 Å². The van der Waals surface area contributed by atoms with Crippen molar-refractivity contribution >= 4 is 6.03 Å². The van der Waals surface area contributed by atoms with Gasteiger partial charge in [0.15, 0.2) is 5.82 Å². The SMILES string of the molecule is CCC(CC)c1cc(C2CN3CCC2CC3CNC(=O)NC(C)C)nc(-c2ccncc2)n1. The molecule has 5 heterocycles. The number of rotatable bonds is 8. The number of nitrogens with zero attached hydrogens (tertiary/aromatic N) is 4. The maximum absolute atomic E-state index is 12.1. The second-order valence-electron chi connectivity index (χ2n) is 9.84. The summed E-state index contributed by atoms with van der Waals surface area (Å²) in [7, 11) is 0. The van der Waals surface area contributed by atoms with E-state index in [0.29, 0.717) is 30.3 Å².